The van der Waals surface area contributed by atoms with Crippen molar-refractivity contribution < 1.29 is 14.3 Å². The molecule has 4 atom stereocenters. The van der Waals surface area contributed by atoms with E-state index in [1.165, 1.54) is 30.6 Å². The number of fused-ring (bicyclic) bond motifs is 3. The number of thiophene rings is 1. The van der Waals surface area contributed by atoms with Crippen molar-refractivity contribution in [3.8, 4) is 0 Å². The smallest absolute Gasteiger partial charge is 0.341 e. The number of ether oxygens (including phenoxy) is 1. The maximum absolute atomic E-state index is 12.6. The first kappa shape index (κ1) is 19.9. The van der Waals surface area contributed by atoms with Gasteiger partial charge in [0.1, 0.15) is 5.00 Å². The molecular formula is C22H32N2O3S. The van der Waals surface area contributed by atoms with Crippen molar-refractivity contribution in [1.82, 2.24) is 5.32 Å². The lowest BCUT2D eigenvalue weighted by Gasteiger charge is -2.28. The van der Waals surface area contributed by atoms with Crippen LogP contribution in [-0.4, -0.2) is 31.1 Å². The van der Waals surface area contributed by atoms with Gasteiger partial charge in [0.05, 0.1) is 18.7 Å². The first-order chi connectivity index (χ1) is 13.6. The molecule has 5 nitrogen and oxygen atoms in total. The Labute approximate surface area is 171 Å². The average molecular weight is 405 g/mol. The van der Waals surface area contributed by atoms with Crippen molar-refractivity contribution in [2.75, 3.05) is 18.5 Å². The van der Waals surface area contributed by atoms with E-state index in [9.17, 15) is 9.59 Å². The summed E-state index contributed by atoms with van der Waals surface area (Å²) in [5.74, 6) is 2.09. The van der Waals surface area contributed by atoms with Gasteiger partial charge in [-0.25, -0.2) is 4.79 Å². The molecule has 0 saturated heterocycles. The zero-order valence-corrected chi connectivity index (χ0v) is 17.8. The Morgan fingerprint density at radius 1 is 1.21 bits per heavy atom. The van der Waals surface area contributed by atoms with E-state index in [1.54, 1.807) is 11.3 Å². The summed E-state index contributed by atoms with van der Waals surface area (Å²) in [5, 5.41) is 7.12. The molecule has 28 heavy (non-hydrogen) atoms. The van der Waals surface area contributed by atoms with Gasteiger partial charge in [-0.15, -0.1) is 11.3 Å². The molecule has 2 saturated carbocycles. The average Bonchev–Trinajstić information content (AvgIpc) is 3.39. The number of carbonyl (C=O) groups excluding carboxylic acids is 2. The molecule has 0 aliphatic heterocycles. The van der Waals surface area contributed by atoms with Crippen LogP contribution in [0.3, 0.4) is 0 Å². The van der Waals surface area contributed by atoms with E-state index in [1.807, 2.05) is 6.92 Å². The van der Waals surface area contributed by atoms with Gasteiger partial charge >= 0.3 is 5.97 Å². The minimum Gasteiger partial charge on any atom is -0.462 e. The normalized spacial score (nSPS) is 26.7. The summed E-state index contributed by atoms with van der Waals surface area (Å²) in [6.07, 6.45) is 9.57. The first-order valence-electron chi connectivity index (χ1n) is 10.9. The van der Waals surface area contributed by atoms with Crippen LogP contribution in [0.25, 0.3) is 0 Å². The molecule has 2 N–H and O–H groups in total. The van der Waals surface area contributed by atoms with Crippen molar-refractivity contribution in [3.63, 3.8) is 0 Å². The van der Waals surface area contributed by atoms with Gasteiger partial charge in [0.15, 0.2) is 0 Å². The van der Waals surface area contributed by atoms with Crippen LogP contribution in [0.1, 0.15) is 73.2 Å². The fourth-order valence-electron chi connectivity index (χ4n) is 5.56. The monoisotopic (exact) mass is 404 g/mol. The lowest BCUT2D eigenvalue weighted by molar-refractivity contribution is -0.115. The van der Waals surface area contributed by atoms with E-state index >= 15 is 0 Å². The zero-order chi connectivity index (χ0) is 19.7. The SMILES string of the molecule is CCOC(=O)c1c(NC(=O)CN[C@@H](C)[C@H]2C[C@@H]3CC[C@H]2C3)sc2c1CCCC2. The summed E-state index contributed by atoms with van der Waals surface area (Å²) in [4.78, 5) is 26.4. The molecule has 1 aromatic heterocycles. The molecule has 0 aromatic carbocycles. The number of rotatable bonds is 7. The maximum atomic E-state index is 12.6. The second kappa shape index (κ2) is 8.54. The molecule has 2 fully saturated rings. The van der Waals surface area contributed by atoms with Gasteiger partial charge in [0, 0.05) is 10.9 Å². The number of hydrogen-bond donors (Lipinski definition) is 2. The topological polar surface area (TPSA) is 67.4 Å². The fourth-order valence-corrected chi connectivity index (χ4v) is 6.85. The van der Waals surface area contributed by atoms with Crippen molar-refractivity contribution in [3.05, 3.63) is 16.0 Å². The Bertz CT molecular complexity index is 744. The molecule has 0 radical (unpaired) electrons. The molecule has 4 rings (SSSR count). The van der Waals surface area contributed by atoms with Crippen molar-refractivity contribution in [2.24, 2.45) is 17.8 Å². The summed E-state index contributed by atoms with van der Waals surface area (Å²) in [5.41, 5.74) is 1.68. The maximum Gasteiger partial charge on any atom is 0.341 e. The number of anilines is 1. The molecular weight excluding hydrogens is 372 g/mol. The predicted molar refractivity (Wildman–Crippen MR) is 112 cm³/mol. The van der Waals surface area contributed by atoms with Gasteiger partial charge in [0.2, 0.25) is 5.91 Å². The molecule has 3 aliphatic carbocycles. The van der Waals surface area contributed by atoms with Gasteiger partial charge in [-0.1, -0.05) is 6.42 Å². The van der Waals surface area contributed by atoms with E-state index in [4.69, 9.17) is 4.74 Å². The van der Waals surface area contributed by atoms with Gasteiger partial charge in [0.25, 0.3) is 0 Å². The van der Waals surface area contributed by atoms with E-state index in [0.29, 0.717) is 35.7 Å². The first-order valence-corrected chi connectivity index (χ1v) is 11.7. The molecule has 1 heterocycles. The molecule has 154 valence electrons. The Morgan fingerprint density at radius 2 is 2.04 bits per heavy atom. The highest BCUT2D eigenvalue weighted by Crippen LogP contribution is 2.49. The second-order valence-corrected chi connectivity index (χ2v) is 9.80. The van der Waals surface area contributed by atoms with Crippen LogP contribution in [0.15, 0.2) is 0 Å². The highest BCUT2D eigenvalue weighted by molar-refractivity contribution is 7.17. The van der Waals surface area contributed by atoms with Crippen LogP contribution in [0.4, 0.5) is 5.00 Å². The zero-order valence-electron chi connectivity index (χ0n) is 17.0. The minimum absolute atomic E-state index is 0.0702. The third-order valence-corrected chi connectivity index (χ3v) is 8.13. The van der Waals surface area contributed by atoms with E-state index < -0.39 is 0 Å². The van der Waals surface area contributed by atoms with Crippen LogP contribution < -0.4 is 10.6 Å². The predicted octanol–water partition coefficient (Wildman–Crippen LogP) is 4.16. The standard InChI is InChI=1S/C22H32N2O3S/c1-3-27-22(26)20-16-6-4-5-7-18(16)28-21(20)24-19(25)12-23-13(2)17-11-14-8-9-15(17)10-14/h13-15,17,23H,3-12H2,1-2H3,(H,24,25)/t13-,14+,15-,17+/m0/s1. The van der Waals surface area contributed by atoms with Crippen molar-refractivity contribution in [2.45, 2.75) is 71.3 Å². The summed E-state index contributed by atoms with van der Waals surface area (Å²) in [6, 6.07) is 0.363. The number of nitrogens with one attached hydrogen (secondary N) is 2. The number of esters is 1. The molecule has 6 heteroatoms. The third-order valence-electron chi connectivity index (χ3n) is 6.92. The lowest BCUT2D eigenvalue weighted by Crippen LogP contribution is -2.40. The Morgan fingerprint density at radius 3 is 2.75 bits per heavy atom. The fraction of sp³-hybridized carbons (Fsp3) is 0.727. The molecule has 1 aromatic rings. The van der Waals surface area contributed by atoms with Crippen LogP contribution in [0.5, 0.6) is 0 Å². The lowest BCUT2D eigenvalue weighted by atomic mass is 9.84. The molecule has 0 unspecified atom stereocenters. The van der Waals surface area contributed by atoms with Crippen LogP contribution in [0.2, 0.25) is 0 Å². The Balaban J connectivity index is 1.38. The van der Waals surface area contributed by atoms with Crippen LogP contribution >= 0.6 is 11.3 Å². The summed E-state index contributed by atoms with van der Waals surface area (Å²) >= 11 is 1.55. The van der Waals surface area contributed by atoms with Gasteiger partial charge in [-0.2, -0.15) is 0 Å². The molecule has 3 aliphatic rings. The number of carbonyl (C=O) groups is 2. The molecule has 2 bridgehead atoms. The van der Waals surface area contributed by atoms with Gasteiger partial charge < -0.3 is 15.4 Å². The van der Waals surface area contributed by atoms with E-state index in [2.05, 4.69) is 17.6 Å². The van der Waals surface area contributed by atoms with Crippen LogP contribution in [0, 0.1) is 17.8 Å². The second-order valence-electron chi connectivity index (χ2n) is 8.69. The highest BCUT2D eigenvalue weighted by Gasteiger charge is 2.41. The Hall–Kier alpha value is -1.40. The van der Waals surface area contributed by atoms with Crippen molar-refractivity contribution >= 4 is 28.2 Å². The Kier molecular flexibility index (Phi) is 6.07. The molecule has 1 amide bonds. The van der Waals surface area contributed by atoms with Crippen molar-refractivity contribution in [1.29, 1.82) is 0 Å². The van der Waals surface area contributed by atoms with Gasteiger partial charge in [-0.05, 0) is 82.1 Å². The largest absolute Gasteiger partial charge is 0.462 e. The summed E-state index contributed by atoms with van der Waals surface area (Å²) in [6.45, 7) is 4.67. The number of aryl methyl sites for hydroxylation is 1. The highest BCUT2D eigenvalue weighted by atomic mass is 32.1. The quantitative estimate of drug-likeness (QED) is 0.670. The van der Waals surface area contributed by atoms with Gasteiger partial charge in [-0.3, -0.25) is 4.79 Å². The summed E-state index contributed by atoms with van der Waals surface area (Å²) in [7, 11) is 0. The van der Waals surface area contributed by atoms with Crippen LogP contribution in [-0.2, 0) is 22.4 Å². The minimum atomic E-state index is -0.305. The molecule has 0 spiro atoms. The third kappa shape index (κ3) is 3.99. The van der Waals surface area contributed by atoms with E-state index in [-0.39, 0.29) is 11.9 Å². The summed E-state index contributed by atoms with van der Waals surface area (Å²) < 4.78 is 5.27. The number of hydrogen-bond acceptors (Lipinski definition) is 5. The number of amides is 1. The van der Waals surface area contributed by atoms with E-state index in [0.717, 1.165) is 43.1 Å².